The van der Waals surface area contributed by atoms with Crippen LogP contribution in [0.5, 0.6) is 0 Å². The summed E-state index contributed by atoms with van der Waals surface area (Å²) in [6, 6.07) is 14.6. The molecule has 0 fully saturated rings. The number of nitrogens with one attached hydrogen (secondary N) is 1. The number of rotatable bonds is 3. The van der Waals surface area contributed by atoms with Crippen LogP contribution in [0, 0.1) is 0 Å². The van der Waals surface area contributed by atoms with Crippen molar-refractivity contribution in [1.82, 2.24) is 4.98 Å². The predicted molar refractivity (Wildman–Crippen MR) is 92.3 cm³/mol. The molecule has 22 heavy (non-hydrogen) atoms. The van der Waals surface area contributed by atoms with Gasteiger partial charge in [0.2, 0.25) is 0 Å². The molecule has 0 atom stereocenters. The fourth-order valence-corrected chi connectivity index (χ4v) is 3.15. The van der Waals surface area contributed by atoms with E-state index in [0.29, 0.717) is 4.90 Å². The molecule has 0 radical (unpaired) electrons. The molecule has 0 aliphatic heterocycles. The van der Waals surface area contributed by atoms with E-state index in [1.165, 1.54) is 6.26 Å². The molecule has 0 saturated heterocycles. The van der Waals surface area contributed by atoms with Gasteiger partial charge < -0.3 is 5.32 Å². The van der Waals surface area contributed by atoms with Gasteiger partial charge >= 0.3 is 0 Å². The molecule has 0 unspecified atom stereocenters. The second kappa shape index (κ2) is 5.70. The molecule has 0 amide bonds. The van der Waals surface area contributed by atoms with Crippen molar-refractivity contribution >= 4 is 48.0 Å². The van der Waals surface area contributed by atoms with E-state index in [9.17, 15) is 8.42 Å². The van der Waals surface area contributed by atoms with Crippen molar-refractivity contribution in [2.24, 2.45) is 0 Å². The van der Waals surface area contributed by atoms with Crippen LogP contribution < -0.4 is 5.32 Å². The van der Waals surface area contributed by atoms with Crippen molar-refractivity contribution in [2.45, 2.75) is 4.90 Å². The van der Waals surface area contributed by atoms with Crippen LogP contribution in [0.4, 0.5) is 11.5 Å². The highest BCUT2D eigenvalue weighted by atomic mass is 79.9. The summed E-state index contributed by atoms with van der Waals surface area (Å²) < 4.78 is 23.9. The van der Waals surface area contributed by atoms with Gasteiger partial charge in [0.1, 0.15) is 5.82 Å². The molecule has 1 N–H and O–H groups in total. The maximum atomic E-state index is 11.5. The first kappa shape index (κ1) is 15.0. The lowest BCUT2D eigenvalue weighted by Crippen LogP contribution is -1.98. The van der Waals surface area contributed by atoms with E-state index in [2.05, 4.69) is 26.2 Å². The Morgan fingerprint density at radius 2 is 1.77 bits per heavy atom. The van der Waals surface area contributed by atoms with Crippen LogP contribution in [0.1, 0.15) is 0 Å². The van der Waals surface area contributed by atoms with Crippen LogP contribution in [0.25, 0.3) is 10.8 Å². The van der Waals surface area contributed by atoms with E-state index in [0.717, 1.165) is 26.8 Å². The second-order valence-electron chi connectivity index (χ2n) is 4.95. The van der Waals surface area contributed by atoms with Crippen LogP contribution in [0.2, 0.25) is 0 Å². The Hall–Kier alpha value is -1.92. The number of anilines is 2. The van der Waals surface area contributed by atoms with E-state index >= 15 is 0 Å². The zero-order valence-electron chi connectivity index (χ0n) is 11.7. The van der Waals surface area contributed by atoms with Crippen molar-refractivity contribution in [1.29, 1.82) is 0 Å². The van der Waals surface area contributed by atoms with Gasteiger partial charge in [-0.15, -0.1) is 0 Å². The summed E-state index contributed by atoms with van der Waals surface area (Å²) in [5.74, 6) is 0.728. The monoisotopic (exact) mass is 376 g/mol. The molecule has 3 aromatic rings. The Kier molecular flexibility index (Phi) is 3.88. The summed E-state index contributed by atoms with van der Waals surface area (Å²) in [7, 11) is -3.18. The van der Waals surface area contributed by atoms with E-state index in [-0.39, 0.29) is 0 Å². The van der Waals surface area contributed by atoms with Crippen LogP contribution in [-0.2, 0) is 9.84 Å². The minimum Gasteiger partial charge on any atom is -0.340 e. The SMILES string of the molecule is CS(=O)(=O)c1ccc(Nc2nccc3ccc(Br)cc23)cc1. The number of fused-ring (bicyclic) bond motifs is 1. The van der Waals surface area contributed by atoms with Crippen LogP contribution in [0.3, 0.4) is 0 Å². The van der Waals surface area contributed by atoms with E-state index < -0.39 is 9.84 Å². The zero-order valence-corrected chi connectivity index (χ0v) is 14.1. The molecule has 4 nitrogen and oxygen atoms in total. The maximum Gasteiger partial charge on any atom is 0.175 e. The van der Waals surface area contributed by atoms with Gasteiger partial charge in [0.05, 0.1) is 4.90 Å². The normalized spacial score (nSPS) is 11.5. The minimum atomic E-state index is -3.18. The number of hydrogen-bond donors (Lipinski definition) is 1. The highest BCUT2D eigenvalue weighted by Gasteiger charge is 2.07. The average molecular weight is 377 g/mol. The summed E-state index contributed by atoms with van der Waals surface area (Å²) in [6.45, 7) is 0. The first-order chi connectivity index (χ1) is 10.4. The van der Waals surface area contributed by atoms with Crippen molar-refractivity contribution in [3.8, 4) is 0 Å². The quantitative estimate of drug-likeness (QED) is 0.745. The number of nitrogens with zero attached hydrogens (tertiary/aromatic N) is 1. The highest BCUT2D eigenvalue weighted by molar-refractivity contribution is 9.10. The summed E-state index contributed by atoms with van der Waals surface area (Å²) >= 11 is 3.46. The minimum absolute atomic E-state index is 0.298. The lowest BCUT2D eigenvalue weighted by Gasteiger charge is -2.09. The number of pyridine rings is 1. The van der Waals surface area contributed by atoms with Gasteiger partial charge in [-0.1, -0.05) is 22.0 Å². The Balaban J connectivity index is 1.98. The predicted octanol–water partition coefficient (Wildman–Crippen LogP) is 4.14. The van der Waals surface area contributed by atoms with Gasteiger partial charge in [-0.25, -0.2) is 13.4 Å². The van der Waals surface area contributed by atoms with Crippen molar-refractivity contribution in [2.75, 3.05) is 11.6 Å². The molecule has 0 aliphatic carbocycles. The number of aromatic nitrogens is 1. The molecule has 0 saturated carbocycles. The Morgan fingerprint density at radius 1 is 1.05 bits per heavy atom. The van der Waals surface area contributed by atoms with Crippen molar-refractivity contribution in [3.05, 3.63) is 59.2 Å². The second-order valence-corrected chi connectivity index (χ2v) is 7.88. The highest BCUT2D eigenvalue weighted by Crippen LogP contribution is 2.27. The van der Waals surface area contributed by atoms with Crippen molar-refractivity contribution < 1.29 is 8.42 Å². The van der Waals surface area contributed by atoms with Gasteiger partial charge in [-0.05, 0) is 47.9 Å². The lowest BCUT2D eigenvalue weighted by molar-refractivity contribution is 0.602. The van der Waals surface area contributed by atoms with E-state index in [1.807, 2.05) is 24.3 Å². The van der Waals surface area contributed by atoms with Gasteiger partial charge in [-0.3, -0.25) is 0 Å². The molecule has 6 heteroatoms. The first-order valence-electron chi connectivity index (χ1n) is 6.55. The molecule has 0 aliphatic rings. The third kappa shape index (κ3) is 3.13. The molecular weight excluding hydrogens is 364 g/mol. The fraction of sp³-hybridized carbons (Fsp3) is 0.0625. The molecule has 1 heterocycles. The number of benzene rings is 2. The summed E-state index contributed by atoms with van der Waals surface area (Å²) in [5, 5.41) is 5.29. The van der Waals surface area contributed by atoms with Crippen LogP contribution >= 0.6 is 15.9 Å². The van der Waals surface area contributed by atoms with E-state index in [1.54, 1.807) is 30.5 Å². The molecule has 0 spiro atoms. The first-order valence-corrected chi connectivity index (χ1v) is 9.23. The average Bonchev–Trinajstić information content (AvgIpc) is 2.47. The van der Waals surface area contributed by atoms with Gasteiger partial charge in [-0.2, -0.15) is 0 Å². The number of hydrogen-bond acceptors (Lipinski definition) is 4. The van der Waals surface area contributed by atoms with Crippen LogP contribution in [-0.4, -0.2) is 19.7 Å². The number of sulfone groups is 1. The smallest absolute Gasteiger partial charge is 0.175 e. The Morgan fingerprint density at radius 3 is 2.45 bits per heavy atom. The van der Waals surface area contributed by atoms with Gasteiger partial charge in [0.25, 0.3) is 0 Å². The lowest BCUT2D eigenvalue weighted by atomic mass is 10.1. The molecule has 112 valence electrons. The summed E-state index contributed by atoms with van der Waals surface area (Å²) in [4.78, 5) is 4.66. The van der Waals surface area contributed by atoms with Crippen LogP contribution in [0.15, 0.2) is 64.1 Å². The Labute approximate surface area is 137 Å². The topological polar surface area (TPSA) is 59.1 Å². The molecule has 1 aromatic heterocycles. The standard InChI is InChI=1S/C16H13BrN2O2S/c1-22(20,21)14-6-4-13(5-7-14)19-16-15-10-12(17)3-2-11(15)8-9-18-16/h2-10H,1H3,(H,18,19). The summed E-state index contributed by atoms with van der Waals surface area (Å²) in [6.07, 6.45) is 2.93. The van der Waals surface area contributed by atoms with E-state index in [4.69, 9.17) is 0 Å². The molecule has 0 bridgehead atoms. The maximum absolute atomic E-state index is 11.5. The molecular formula is C16H13BrN2O2S. The van der Waals surface area contributed by atoms with Gasteiger partial charge in [0.15, 0.2) is 9.84 Å². The molecule has 3 rings (SSSR count). The summed E-state index contributed by atoms with van der Waals surface area (Å²) in [5.41, 5.74) is 0.785. The van der Waals surface area contributed by atoms with Gasteiger partial charge in [0, 0.05) is 28.0 Å². The Bertz CT molecular complexity index is 938. The zero-order chi connectivity index (χ0) is 15.7. The third-order valence-corrected chi connectivity index (χ3v) is 4.90. The largest absolute Gasteiger partial charge is 0.340 e. The fourth-order valence-electron chi connectivity index (χ4n) is 2.16. The number of halogens is 1. The third-order valence-electron chi connectivity index (χ3n) is 3.27. The van der Waals surface area contributed by atoms with Crippen molar-refractivity contribution in [3.63, 3.8) is 0 Å². The molecule has 2 aromatic carbocycles.